The van der Waals surface area contributed by atoms with E-state index in [1.165, 1.54) is 11.1 Å². The monoisotopic (exact) mass is 395 g/mol. The molecule has 1 unspecified atom stereocenters. The second kappa shape index (κ2) is 6.70. The van der Waals surface area contributed by atoms with E-state index in [0.717, 1.165) is 29.4 Å². The number of hydrogen-bond donors (Lipinski definition) is 0. The highest BCUT2D eigenvalue weighted by Crippen LogP contribution is 2.42. The highest BCUT2D eigenvalue weighted by Gasteiger charge is 2.41. The topological polar surface area (TPSA) is 29.5 Å². The van der Waals surface area contributed by atoms with Crippen LogP contribution in [0.4, 0.5) is 10.5 Å². The Kier molecular flexibility index (Phi) is 5.39. The predicted molar refractivity (Wildman–Crippen MR) is 104 cm³/mol. The maximum Gasteiger partial charge on any atom is 0.415 e. The molecular formula is C20H30BrNO2. The largest absolute Gasteiger partial charge is 0.443 e. The van der Waals surface area contributed by atoms with Crippen molar-refractivity contribution in [1.29, 1.82) is 0 Å². The summed E-state index contributed by atoms with van der Waals surface area (Å²) in [4.78, 5) is 15.0. The Balaban J connectivity index is 2.59. The minimum atomic E-state index is -0.501. The van der Waals surface area contributed by atoms with Gasteiger partial charge in [-0.1, -0.05) is 43.6 Å². The van der Waals surface area contributed by atoms with Crippen molar-refractivity contribution in [2.45, 2.75) is 79.4 Å². The van der Waals surface area contributed by atoms with E-state index in [1.54, 1.807) is 0 Å². The first-order valence-corrected chi connectivity index (χ1v) is 9.57. The van der Waals surface area contributed by atoms with E-state index >= 15 is 0 Å². The third kappa shape index (κ3) is 4.14. The van der Waals surface area contributed by atoms with Crippen LogP contribution in [0.2, 0.25) is 0 Å². The standard InChI is InChI=1S/C20H30BrNO2/c1-8-13-11-15(21)12-14-9-10-16(19(2,3)4)22(17(13)14)18(23)24-20(5,6)7/h11-12,16H,8-10H2,1-7H3. The summed E-state index contributed by atoms with van der Waals surface area (Å²) < 4.78 is 6.84. The van der Waals surface area contributed by atoms with E-state index in [2.05, 4.69) is 55.8 Å². The molecule has 0 N–H and O–H groups in total. The molecular weight excluding hydrogens is 366 g/mol. The molecule has 0 saturated carbocycles. The molecule has 4 heteroatoms. The van der Waals surface area contributed by atoms with Gasteiger partial charge in [0.2, 0.25) is 0 Å². The summed E-state index contributed by atoms with van der Waals surface area (Å²) in [7, 11) is 0. The minimum absolute atomic E-state index is 0.00726. The molecule has 1 heterocycles. The molecule has 0 radical (unpaired) electrons. The number of rotatable bonds is 1. The van der Waals surface area contributed by atoms with Crippen LogP contribution in [0, 0.1) is 5.41 Å². The zero-order chi connectivity index (χ0) is 18.3. The summed E-state index contributed by atoms with van der Waals surface area (Å²) >= 11 is 3.61. The number of ether oxygens (including phenoxy) is 1. The number of benzene rings is 1. The quantitative estimate of drug-likeness (QED) is 0.573. The number of halogens is 1. The Bertz CT molecular complexity index is 609. The van der Waals surface area contributed by atoms with Gasteiger partial charge in [0.1, 0.15) is 5.60 Å². The highest BCUT2D eigenvalue weighted by atomic mass is 79.9. The maximum atomic E-state index is 13.1. The summed E-state index contributed by atoms with van der Waals surface area (Å²) in [6.45, 7) is 14.5. The van der Waals surface area contributed by atoms with Gasteiger partial charge >= 0.3 is 6.09 Å². The smallest absolute Gasteiger partial charge is 0.415 e. The molecule has 1 amide bonds. The molecule has 134 valence electrons. The number of nitrogens with zero attached hydrogens (tertiary/aromatic N) is 1. The molecule has 1 aromatic rings. The SMILES string of the molecule is CCc1cc(Br)cc2c1N(C(=O)OC(C)(C)C)C(C(C)(C)C)CC2. The molecule has 2 rings (SSSR count). The van der Waals surface area contributed by atoms with Gasteiger partial charge in [0, 0.05) is 10.5 Å². The van der Waals surface area contributed by atoms with Crippen LogP contribution in [0.3, 0.4) is 0 Å². The van der Waals surface area contributed by atoms with E-state index in [-0.39, 0.29) is 17.6 Å². The van der Waals surface area contributed by atoms with E-state index in [1.807, 2.05) is 25.7 Å². The van der Waals surface area contributed by atoms with Crippen molar-refractivity contribution in [3.8, 4) is 0 Å². The third-order valence-corrected chi connectivity index (χ3v) is 4.90. The molecule has 3 nitrogen and oxygen atoms in total. The lowest BCUT2D eigenvalue weighted by molar-refractivity contribution is 0.0531. The molecule has 0 bridgehead atoms. The van der Waals surface area contributed by atoms with Crippen molar-refractivity contribution in [3.05, 3.63) is 27.7 Å². The van der Waals surface area contributed by atoms with Gasteiger partial charge in [-0.15, -0.1) is 0 Å². The second-order valence-electron chi connectivity index (χ2n) is 8.70. The van der Waals surface area contributed by atoms with Gasteiger partial charge in [0.15, 0.2) is 0 Å². The lowest BCUT2D eigenvalue weighted by atomic mass is 9.79. The first-order chi connectivity index (χ1) is 10.9. The number of fused-ring (bicyclic) bond motifs is 1. The van der Waals surface area contributed by atoms with Crippen LogP contribution >= 0.6 is 15.9 Å². The van der Waals surface area contributed by atoms with Crippen molar-refractivity contribution < 1.29 is 9.53 Å². The Morgan fingerprint density at radius 1 is 1.25 bits per heavy atom. The van der Waals surface area contributed by atoms with Crippen LogP contribution in [0.5, 0.6) is 0 Å². The number of aryl methyl sites for hydroxylation is 2. The number of amides is 1. The number of carbonyl (C=O) groups excluding carboxylic acids is 1. The highest BCUT2D eigenvalue weighted by molar-refractivity contribution is 9.10. The third-order valence-electron chi connectivity index (χ3n) is 4.44. The Morgan fingerprint density at radius 2 is 1.88 bits per heavy atom. The van der Waals surface area contributed by atoms with Crippen molar-refractivity contribution in [1.82, 2.24) is 0 Å². The van der Waals surface area contributed by atoms with Crippen molar-refractivity contribution in [3.63, 3.8) is 0 Å². The van der Waals surface area contributed by atoms with E-state index in [0.29, 0.717) is 0 Å². The molecule has 0 aromatic heterocycles. The van der Waals surface area contributed by atoms with Gasteiger partial charge in [-0.3, -0.25) is 4.90 Å². The normalized spacial score (nSPS) is 18.3. The Hall–Kier alpha value is -1.03. The van der Waals surface area contributed by atoms with Crippen molar-refractivity contribution >= 4 is 27.7 Å². The van der Waals surface area contributed by atoms with Crippen LogP contribution in [0.15, 0.2) is 16.6 Å². The summed E-state index contributed by atoms with van der Waals surface area (Å²) in [5, 5.41) is 0. The molecule has 1 aliphatic heterocycles. The number of carbonyl (C=O) groups is 1. The molecule has 24 heavy (non-hydrogen) atoms. The molecule has 1 atom stereocenters. The number of hydrogen-bond acceptors (Lipinski definition) is 2. The average molecular weight is 396 g/mol. The van der Waals surface area contributed by atoms with E-state index in [9.17, 15) is 4.79 Å². The zero-order valence-electron chi connectivity index (χ0n) is 16.0. The van der Waals surface area contributed by atoms with Gasteiger partial charge in [0.05, 0.1) is 5.69 Å². The molecule has 0 fully saturated rings. The van der Waals surface area contributed by atoms with Crippen LogP contribution in [-0.2, 0) is 17.6 Å². The first-order valence-electron chi connectivity index (χ1n) is 8.77. The fourth-order valence-electron chi connectivity index (χ4n) is 3.41. The fraction of sp³-hybridized carbons (Fsp3) is 0.650. The van der Waals surface area contributed by atoms with Gasteiger partial charge in [0.25, 0.3) is 0 Å². The Morgan fingerprint density at radius 3 is 2.38 bits per heavy atom. The van der Waals surface area contributed by atoms with Crippen LogP contribution in [-0.4, -0.2) is 17.7 Å². The van der Waals surface area contributed by atoms with Crippen LogP contribution < -0.4 is 4.90 Å². The van der Waals surface area contributed by atoms with Crippen LogP contribution in [0.1, 0.15) is 66.0 Å². The molecule has 1 aliphatic rings. The molecule has 0 spiro atoms. The Labute approximate surface area is 154 Å². The number of anilines is 1. The zero-order valence-corrected chi connectivity index (χ0v) is 17.6. The molecule has 0 saturated heterocycles. The first kappa shape index (κ1) is 19.3. The van der Waals surface area contributed by atoms with Crippen molar-refractivity contribution in [2.75, 3.05) is 4.90 Å². The lowest BCUT2D eigenvalue weighted by Crippen LogP contribution is -2.52. The summed E-state index contributed by atoms with van der Waals surface area (Å²) in [5.41, 5.74) is 2.97. The van der Waals surface area contributed by atoms with Gasteiger partial charge in [-0.05, 0) is 68.7 Å². The molecule has 0 aliphatic carbocycles. The summed E-state index contributed by atoms with van der Waals surface area (Å²) in [5.74, 6) is 0. The second-order valence-corrected chi connectivity index (χ2v) is 9.61. The van der Waals surface area contributed by atoms with E-state index in [4.69, 9.17) is 4.74 Å². The summed E-state index contributed by atoms with van der Waals surface area (Å²) in [6.07, 6.45) is 2.59. The minimum Gasteiger partial charge on any atom is -0.443 e. The maximum absolute atomic E-state index is 13.1. The van der Waals surface area contributed by atoms with Crippen molar-refractivity contribution in [2.24, 2.45) is 5.41 Å². The van der Waals surface area contributed by atoms with Crippen LogP contribution in [0.25, 0.3) is 0 Å². The summed E-state index contributed by atoms with van der Waals surface area (Å²) in [6, 6.07) is 4.40. The lowest BCUT2D eigenvalue weighted by Gasteiger charge is -2.45. The van der Waals surface area contributed by atoms with Gasteiger partial charge < -0.3 is 4.74 Å². The fourth-order valence-corrected chi connectivity index (χ4v) is 3.97. The predicted octanol–water partition coefficient (Wildman–Crippen LogP) is 6.11. The average Bonchev–Trinajstić information content (AvgIpc) is 2.41. The van der Waals surface area contributed by atoms with E-state index < -0.39 is 5.60 Å². The van der Waals surface area contributed by atoms with Gasteiger partial charge in [-0.2, -0.15) is 0 Å². The molecule has 1 aromatic carbocycles. The van der Waals surface area contributed by atoms with Gasteiger partial charge in [-0.25, -0.2) is 4.79 Å².